The van der Waals surface area contributed by atoms with Crippen LogP contribution >= 0.6 is 22.9 Å². The van der Waals surface area contributed by atoms with Crippen LogP contribution in [0, 0.1) is 5.92 Å². The van der Waals surface area contributed by atoms with Crippen molar-refractivity contribution in [2.75, 3.05) is 0 Å². The van der Waals surface area contributed by atoms with E-state index in [4.69, 9.17) is 16.6 Å². The Balaban J connectivity index is 1.93. The van der Waals surface area contributed by atoms with E-state index in [1.807, 2.05) is 31.3 Å². The van der Waals surface area contributed by atoms with Gasteiger partial charge in [-0.05, 0) is 25.0 Å². The van der Waals surface area contributed by atoms with E-state index in [1.165, 1.54) is 11.3 Å². The molecule has 5 nitrogen and oxygen atoms in total. The summed E-state index contributed by atoms with van der Waals surface area (Å²) in [5, 5.41) is 15.4. The summed E-state index contributed by atoms with van der Waals surface area (Å²) >= 11 is 7.39. The molecule has 1 N–H and O–H groups in total. The molecule has 1 aliphatic rings. The van der Waals surface area contributed by atoms with Crippen molar-refractivity contribution in [1.82, 2.24) is 9.78 Å². The predicted octanol–water partition coefficient (Wildman–Crippen LogP) is 3.35. The number of halogens is 1. The third-order valence-electron chi connectivity index (χ3n) is 4.12. The second-order valence-corrected chi connectivity index (χ2v) is 7.14. The number of carboxylic acids is 1. The summed E-state index contributed by atoms with van der Waals surface area (Å²) in [4.78, 5) is 16.9. The molecule has 1 heterocycles. The molecule has 122 valence electrons. The molecule has 2 unspecified atom stereocenters. The van der Waals surface area contributed by atoms with Crippen molar-refractivity contribution in [3.63, 3.8) is 0 Å². The summed E-state index contributed by atoms with van der Waals surface area (Å²) in [5.74, 6) is -1.13. The van der Waals surface area contributed by atoms with Crippen molar-refractivity contribution in [2.45, 2.75) is 31.7 Å². The molecule has 23 heavy (non-hydrogen) atoms. The number of nitrogens with zero attached hydrogens (tertiary/aromatic N) is 3. The van der Waals surface area contributed by atoms with Gasteiger partial charge in [-0.2, -0.15) is 5.10 Å². The van der Waals surface area contributed by atoms with E-state index in [1.54, 1.807) is 4.68 Å². The van der Waals surface area contributed by atoms with E-state index in [0.29, 0.717) is 11.4 Å². The van der Waals surface area contributed by atoms with Crippen LogP contribution in [0.25, 0.3) is 10.6 Å². The van der Waals surface area contributed by atoms with Crippen LogP contribution in [0.2, 0.25) is 5.02 Å². The predicted molar refractivity (Wildman–Crippen MR) is 90.5 cm³/mol. The molecule has 0 saturated heterocycles. The van der Waals surface area contributed by atoms with Crippen LogP contribution in [0.5, 0.6) is 0 Å². The van der Waals surface area contributed by atoms with E-state index in [0.717, 1.165) is 34.6 Å². The van der Waals surface area contributed by atoms with Crippen LogP contribution in [-0.4, -0.2) is 26.9 Å². The minimum atomic E-state index is -0.747. The number of aryl methyl sites for hydroxylation is 1. The van der Waals surface area contributed by atoms with Gasteiger partial charge < -0.3 is 5.11 Å². The summed E-state index contributed by atoms with van der Waals surface area (Å²) in [6.07, 6.45) is 3.53. The topological polar surface area (TPSA) is 67.5 Å². The number of hydrogen-bond acceptors (Lipinski definition) is 4. The van der Waals surface area contributed by atoms with Gasteiger partial charge in [-0.3, -0.25) is 9.79 Å². The molecule has 0 radical (unpaired) electrons. The summed E-state index contributed by atoms with van der Waals surface area (Å²) in [5.41, 5.74) is 0.981. The highest BCUT2D eigenvalue weighted by atomic mass is 35.5. The summed E-state index contributed by atoms with van der Waals surface area (Å²) in [6, 6.07) is 7.34. The molecule has 3 rings (SSSR count). The summed E-state index contributed by atoms with van der Waals surface area (Å²) in [6.45, 7) is 0. The van der Waals surface area contributed by atoms with Gasteiger partial charge in [0.25, 0.3) is 0 Å². The van der Waals surface area contributed by atoms with Crippen LogP contribution in [0.15, 0.2) is 29.3 Å². The van der Waals surface area contributed by atoms with Crippen molar-refractivity contribution in [2.24, 2.45) is 18.0 Å². The van der Waals surface area contributed by atoms with Gasteiger partial charge in [0.05, 0.1) is 12.0 Å². The molecule has 2 atom stereocenters. The Labute approximate surface area is 143 Å². The number of benzene rings is 1. The highest BCUT2D eigenvalue weighted by molar-refractivity contribution is 7.12. The SMILES string of the molecule is Cn1nc(-c2ccc(Cl)cc2)s/c1=N/C1CCCCC1C(=O)O. The lowest BCUT2D eigenvalue weighted by Gasteiger charge is -2.24. The molecule has 2 aromatic rings. The fraction of sp³-hybridized carbons (Fsp3) is 0.438. The lowest BCUT2D eigenvalue weighted by molar-refractivity contribution is -0.143. The van der Waals surface area contributed by atoms with Crippen molar-refractivity contribution in [3.8, 4) is 10.6 Å². The first-order chi connectivity index (χ1) is 11.0. The third-order valence-corrected chi connectivity index (χ3v) is 5.43. The normalized spacial score (nSPS) is 22.3. The first-order valence-electron chi connectivity index (χ1n) is 7.61. The molecule has 0 spiro atoms. The second-order valence-electron chi connectivity index (χ2n) is 5.75. The summed E-state index contributed by atoms with van der Waals surface area (Å²) in [7, 11) is 1.84. The standard InChI is InChI=1S/C16H18ClN3O2S/c1-20-16(18-13-5-3-2-4-12(13)15(21)22)23-14(19-20)10-6-8-11(17)9-7-10/h6-9,12-13H,2-5H2,1H3,(H,21,22)/b18-16+. The van der Waals surface area contributed by atoms with Gasteiger partial charge in [0.2, 0.25) is 4.80 Å². The Morgan fingerprint density at radius 3 is 2.74 bits per heavy atom. The van der Waals surface area contributed by atoms with Gasteiger partial charge in [0, 0.05) is 17.6 Å². The number of rotatable bonds is 3. The van der Waals surface area contributed by atoms with Gasteiger partial charge in [-0.1, -0.05) is 47.9 Å². The van der Waals surface area contributed by atoms with Gasteiger partial charge in [-0.25, -0.2) is 4.68 Å². The van der Waals surface area contributed by atoms with Gasteiger partial charge in [0.1, 0.15) is 5.01 Å². The molecule has 1 aromatic carbocycles. The zero-order chi connectivity index (χ0) is 16.4. The maximum atomic E-state index is 11.4. The highest BCUT2D eigenvalue weighted by Crippen LogP contribution is 2.27. The Morgan fingerprint density at radius 2 is 2.04 bits per heavy atom. The molecule has 1 saturated carbocycles. The zero-order valence-electron chi connectivity index (χ0n) is 12.8. The quantitative estimate of drug-likeness (QED) is 0.922. The van der Waals surface area contributed by atoms with Crippen molar-refractivity contribution < 1.29 is 9.90 Å². The molecule has 0 bridgehead atoms. The molecular weight excluding hydrogens is 334 g/mol. The molecule has 1 fully saturated rings. The Morgan fingerprint density at radius 1 is 1.35 bits per heavy atom. The van der Waals surface area contributed by atoms with Crippen molar-refractivity contribution >= 4 is 28.9 Å². The Kier molecular flexibility index (Phi) is 4.82. The van der Waals surface area contributed by atoms with Gasteiger partial charge in [0.15, 0.2) is 0 Å². The molecular formula is C16H18ClN3O2S. The van der Waals surface area contributed by atoms with Crippen LogP contribution in [0.3, 0.4) is 0 Å². The first-order valence-corrected chi connectivity index (χ1v) is 8.81. The van der Waals surface area contributed by atoms with Crippen LogP contribution in [0.1, 0.15) is 25.7 Å². The van der Waals surface area contributed by atoms with E-state index in [9.17, 15) is 9.90 Å². The molecule has 1 aliphatic carbocycles. The van der Waals surface area contributed by atoms with E-state index in [2.05, 4.69) is 5.10 Å². The third kappa shape index (κ3) is 3.64. The molecule has 1 aromatic heterocycles. The van der Waals surface area contributed by atoms with Crippen LogP contribution in [0.4, 0.5) is 0 Å². The van der Waals surface area contributed by atoms with Crippen LogP contribution < -0.4 is 4.80 Å². The van der Waals surface area contributed by atoms with E-state index >= 15 is 0 Å². The van der Waals surface area contributed by atoms with E-state index < -0.39 is 5.97 Å². The number of hydrogen-bond donors (Lipinski definition) is 1. The second kappa shape index (κ2) is 6.84. The van der Waals surface area contributed by atoms with E-state index in [-0.39, 0.29) is 12.0 Å². The average Bonchev–Trinajstić information content (AvgIpc) is 2.89. The van der Waals surface area contributed by atoms with Gasteiger partial charge in [-0.15, -0.1) is 0 Å². The summed E-state index contributed by atoms with van der Waals surface area (Å²) < 4.78 is 1.72. The maximum absolute atomic E-state index is 11.4. The Bertz CT molecular complexity index is 766. The van der Waals surface area contributed by atoms with Crippen molar-refractivity contribution in [1.29, 1.82) is 0 Å². The fourth-order valence-corrected chi connectivity index (χ4v) is 3.94. The zero-order valence-corrected chi connectivity index (χ0v) is 14.3. The number of carboxylic acid groups (broad SMARTS) is 1. The fourth-order valence-electron chi connectivity index (χ4n) is 2.87. The first kappa shape index (κ1) is 16.2. The van der Waals surface area contributed by atoms with Gasteiger partial charge >= 0.3 is 5.97 Å². The largest absolute Gasteiger partial charge is 0.481 e. The monoisotopic (exact) mass is 351 g/mol. The number of carbonyl (C=O) groups is 1. The maximum Gasteiger partial charge on any atom is 0.308 e. The lowest BCUT2D eigenvalue weighted by atomic mass is 9.85. The average molecular weight is 352 g/mol. The Hall–Kier alpha value is -1.66. The lowest BCUT2D eigenvalue weighted by Crippen LogP contribution is -2.32. The number of aromatic nitrogens is 2. The van der Waals surface area contributed by atoms with Crippen molar-refractivity contribution in [3.05, 3.63) is 34.1 Å². The number of aliphatic carboxylic acids is 1. The molecule has 7 heteroatoms. The van der Waals surface area contributed by atoms with Crippen LogP contribution in [-0.2, 0) is 11.8 Å². The minimum absolute atomic E-state index is 0.161. The minimum Gasteiger partial charge on any atom is -0.481 e. The molecule has 0 aliphatic heterocycles. The molecule has 0 amide bonds. The highest BCUT2D eigenvalue weighted by Gasteiger charge is 2.30. The smallest absolute Gasteiger partial charge is 0.308 e.